The number of nitrogens with zero attached hydrogens (tertiary/aromatic N) is 2. The largest absolute Gasteiger partial charge is 0.492 e. The second-order valence-electron chi connectivity index (χ2n) is 7.24. The van der Waals surface area contributed by atoms with Gasteiger partial charge in [0.15, 0.2) is 0 Å². The Labute approximate surface area is 219 Å². The topological polar surface area (TPSA) is 36.3 Å². The molecular formula is C27H27CeN2O-. The molecule has 0 unspecified atom stereocenters. The molecule has 3 nitrogen and oxygen atoms in total. The molecule has 0 saturated carbocycles. The second-order valence-corrected chi connectivity index (χ2v) is 7.24. The van der Waals surface area contributed by atoms with Crippen LogP contribution in [0, 0.1) is 73.0 Å². The molecule has 31 heavy (non-hydrogen) atoms. The first-order chi connectivity index (χ1) is 14.6. The number of ether oxygens (including phenoxy) is 1. The number of allylic oxidation sites excluding steroid dienone is 1. The van der Waals surface area contributed by atoms with Crippen molar-refractivity contribution < 1.29 is 46.5 Å². The first-order valence-electron chi connectivity index (χ1n) is 10.2. The van der Waals surface area contributed by atoms with E-state index in [4.69, 9.17) is 4.74 Å². The molecule has 0 aliphatic carbocycles. The van der Waals surface area contributed by atoms with E-state index < -0.39 is 0 Å². The van der Waals surface area contributed by atoms with Crippen LogP contribution >= 0.6 is 0 Å². The predicted octanol–water partition coefficient (Wildman–Crippen LogP) is 6.07. The summed E-state index contributed by atoms with van der Waals surface area (Å²) in [7, 11) is 0. The van der Waals surface area contributed by atoms with Gasteiger partial charge in [0.2, 0.25) is 0 Å². The van der Waals surface area contributed by atoms with E-state index >= 15 is 0 Å². The third-order valence-electron chi connectivity index (χ3n) is 5.10. The number of likely N-dealkylation sites (N-methyl/N-ethyl adjacent to an activating group) is 1. The van der Waals surface area contributed by atoms with Crippen LogP contribution in [0.2, 0.25) is 0 Å². The summed E-state index contributed by atoms with van der Waals surface area (Å²) < 4.78 is 5.90. The molecule has 0 radical (unpaired) electrons. The first-order valence-corrected chi connectivity index (χ1v) is 10.2. The zero-order chi connectivity index (χ0) is 21.3. The van der Waals surface area contributed by atoms with Crippen molar-refractivity contribution >= 4 is 17.3 Å². The Kier molecular flexibility index (Phi) is 10.3. The fourth-order valence-corrected chi connectivity index (χ4v) is 3.30. The number of benzene rings is 3. The van der Waals surface area contributed by atoms with Crippen molar-refractivity contribution in [3.05, 3.63) is 95.1 Å². The van der Waals surface area contributed by atoms with Crippen molar-refractivity contribution in [1.82, 2.24) is 0 Å². The maximum atomic E-state index is 9.57. The van der Waals surface area contributed by atoms with Crippen LogP contribution < -0.4 is 9.64 Å². The summed E-state index contributed by atoms with van der Waals surface area (Å²) in [6, 6.07) is 27.3. The Bertz CT molecular complexity index is 1040. The van der Waals surface area contributed by atoms with E-state index in [1.54, 1.807) is 0 Å². The monoisotopic (exact) mass is 535 g/mol. The average molecular weight is 536 g/mol. The summed E-state index contributed by atoms with van der Waals surface area (Å²) in [5.41, 5.74) is 6.14. The molecule has 3 aromatic carbocycles. The van der Waals surface area contributed by atoms with Crippen molar-refractivity contribution in [2.45, 2.75) is 20.8 Å². The minimum Gasteiger partial charge on any atom is -0.492 e. The molecule has 0 aromatic heterocycles. The SMILES string of the molecule is CCN(CCOc1ccc(C)cc1)c1ccc(/C=C(\C#N)c2cc[c-]cc2)c(C)c1.[Ce]. The van der Waals surface area contributed by atoms with Crippen LogP contribution in [0.5, 0.6) is 5.75 Å². The van der Waals surface area contributed by atoms with Gasteiger partial charge >= 0.3 is 0 Å². The molecule has 0 N–H and O–H groups in total. The average Bonchev–Trinajstić information content (AvgIpc) is 2.78. The fourth-order valence-electron chi connectivity index (χ4n) is 3.30. The van der Waals surface area contributed by atoms with Crippen LogP contribution in [0.1, 0.15) is 29.2 Å². The second kappa shape index (κ2) is 12.7. The number of anilines is 1. The van der Waals surface area contributed by atoms with Gasteiger partial charge in [-0.15, -0.1) is 5.56 Å². The van der Waals surface area contributed by atoms with Crippen molar-refractivity contribution in [3.8, 4) is 11.8 Å². The number of rotatable bonds is 8. The molecule has 0 amide bonds. The van der Waals surface area contributed by atoms with Gasteiger partial charge in [0.1, 0.15) is 12.4 Å². The van der Waals surface area contributed by atoms with Gasteiger partial charge in [0.25, 0.3) is 0 Å². The van der Waals surface area contributed by atoms with E-state index in [0.29, 0.717) is 12.2 Å². The van der Waals surface area contributed by atoms with E-state index in [9.17, 15) is 5.26 Å². The van der Waals surface area contributed by atoms with Crippen molar-refractivity contribution in [1.29, 1.82) is 5.26 Å². The van der Waals surface area contributed by atoms with E-state index in [0.717, 1.165) is 41.2 Å². The van der Waals surface area contributed by atoms with Gasteiger partial charge in [-0.1, -0.05) is 23.8 Å². The van der Waals surface area contributed by atoms with Gasteiger partial charge in [-0.3, -0.25) is 0 Å². The van der Waals surface area contributed by atoms with E-state index in [1.165, 1.54) is 5.56 Å². The van der Waals surface area contributed by atoms with Crippen LogP contribution in [0.25, 0.3) is 11.6 Å². The van der Waals surface area contributed by atoms with Crippen LogP contribution in [-0.4, -0.2) is 19.7 Å². The number of hydrogen-bond donors (Lipinski definition) is 0. The molecule has 0 aliphatic heterocycles. The minimum absolute atomic E-state index is 0. The minimum atomic E-state index is 0. The Balaban J connectivity index is 0.00000341. The summed E-state index contributed by atoms with van der Waals surface area (Å²) in [6.45, 7) is 8.64. The van der Waals surface area contributed by atoms with E-state index in [1.807, 2.05) is 42.5 Å². The first kappa shape index (κ1) is 25.1. The van der Waals surface area contributed by atoms with Gasteiger partial charge in [-0.2, -0.15) is 35.6 Å². The molecule has 3 aromatic rings. The molecular weight excluding hydrogens is 508 g/mol. The molecule has 0 aliphatic rings. The summed E-state index contributed by atoms with van der Waals surface area (Å²) in [6.07, 6.45) is 1.95. The zero-order valence-electron chi connectivity index (χ0n) is 18.4. The fraction of sp³-hybridized carbons (Fsp3) is 0.222. The van der Waals surface area contributed by atoms with Gasteiger partial charge in [-0.05, 0) is 62.2 Å². The summed E-state index contributed by atoms with van der Waals surface area (Å²) in [5.74, 6) is 0.899. The van der Waals surface area contributed by atoms with Crippen LogP contribution in [0.4, 0.5) is 5.69 Å². The summed E-state index contributed by atoms with van der Waals surface area (Å²) in [5, 5.41) is 9.57. The summed E-state index contributed by atoms with van der Waals surface area (Å²) in [4.78, 5) is 2.30. The maximum Gasteiger partial charge on any atom is 0.119 e. The number of hydrogen-bond acceptors (Lipinski definition) is 3. The van der Waals surface area contributed by atoms with Crippen molar-refractivity contribution in [3.63, 3.8) is 0 Å². The molecule has 0 heterocycles. The Morgan fingerprint density at radius 2 is 1.77 bits per heavy atom. The van der Waals surface area contributed by atoms with E-state index in [2.05, 4.69) is 68.1 Å². The Morgan fingerprint density at radius 3 is 2.39 bits per heavy atom. The van der Waals surface area contributed by atoms with Gasteiger partial charge in [-0.25, -0.2) is 0 Å². The molecule has 0 atom stereocenters. The standard InChI is InChI=1S/C27H27N2O.Ce/c1-4-29(16-17-30-27-14-10-21(2)11-15-27)26-13-12-24(22(3)18-26)19-25(20-28)23-8-6-5-7-9-23;/h6-15,18-19H,4,16-17H2,1-3H3;/q-1;/b25-19+;. The third kappa shape index (κ3) is 7.21. The van der Waals surface area contributed by atoms with Gasteiger partial charge in [0, 0.05) is 59.6 Å². The van der Waals surface area contributed by atoms with Gasteiger partial charge < -0.3 is 9.64 Å². The smallest absolute Gasteiger partial charge is 0.119 e. The van der Waals surface area contributed by atoms with Crippen LogP contribution in [-0.2, 0) is 0 Å². The third-order valence-corrected chi connectivity index (χ3v) is 5.10. The van der Waals surface area contributed by atoms with Crippen molar-refractivity contribution in [2.24, 2.45) is 0 Å². The molecule has 0 fully saturated rings. The Morgan fingerprint density at radius 1 is 1.06 bits per heavy atom. The molecule has 0 spiro atoms. The molecule has 4 heteroatoms. The van der Waals surface area contributed by atoms with Crippen LogP contribution in [0.15, 0.2) is 66.7 Å². The quantitative estimate of drug-likeness (QED) is 0.200. The molecule has 0 saturated heterocycles. The number of aryl methyl sites for hydroxylation is 2. The summed E-state index contributed by atoms with van der Waals surface area (Å²) >= 11 is 0. The normalized spacial score (nSPS) is 10.7. The Hall–Kier alpha value is -2.13. The molecule has 156 valence electrons. The predicted molar refractivity (Wildman–Crippen MR) is 125 cm³/mol. The van der Waals surface area contributed by atoms with Crippen molar-refractivity contribution in [2.75, 3.05) is 24.6 Å². The maximum absolute atomic E-state index is 9.57. The molecule has 3 rings (SSSR count). The van der Waals surface area contributed by atoms with Crippen LogP contribution in [0.3, 0.4) is 0 Å². The molecule has 0 bridgehead atoms. The zero-order valence-corrected chi connectivity index (χ0v) is 21.5. The number of nitriles is 1. The van der Waals surface area contributed by atoms with Gasteiger partial charge in [0.05, 0.1) is 12.6 Å². The van der Waals surface area contributed by atoms with E-state index in [-0.39, 0.29) is 41.7 Å².